The highest BCUT2D eigenvalue weighted by Gasteiger charge is 2.35. The van der Waals surface area contributed by atoms with Crippen LogP contribution in [0.1, 0.15) is 12.0 Å². The molecular formula is C12H13BrN2O2. The van der Waals surface area contributed by atoms with Crippen LogP contribution >= 0.6 is 15.9 Å². The van der Waals surface area contributed by atoms with E-state index in [1.54, 1.807) is 0 Å². The van der Waals surface area contributed by atoms with Gasteiger partial charge >= 0.3 is 0 Å². The second-order valence-electron chi connectivity index (χ2n) is 4.02. The van der Waals surface area contributed by atoms with Crippen molar-refractivity contribution in [1.29, 1.82) is 0 Å². The molecule has 17 heavy (non-hydrogen) atoms. The molecule has 0 aliphatic carbocycles. The maximum atomic E-state index is 11.7. The molecule has 1 aliphatic rings. The summed E-state index contributed by atoms with van der Waals surface area (Å²) in [5.74, 6) is -0.276. The van der Waals surface area contributed by atoms with Crippen molar-refractivity contribution in [3.8, 4) is 0 Å². The Morgan fingerprint density at radius 2 is 2.12 bits per heavy atom. The van der Waals surface area contributed by atoms with E-state index >= 15 is 0 Å². The van der Waals surface area contributed by atoms with Gasteiger partial charge < -0.3 is 5.32 Å². The van der Waals surface area contributed by atoms with Gasteiger partial charge in [-0.25, -0.2) is 0 Å². The standard InChI is InChI=1S/C12H13BrN2O2/c1-15-11(16)6-10(12(15)17)14-7-8-4-2-3-5-9(8)13/h2-5,10,14H,6-7H2,1H3. The van der Waals surface area contributed by atoms with Gasteiger partial charge in [-0.1, -0.05) is 34.1 Å². The number of rotatable bonds is 3. The van der Waals surface area contributed by atoms with Gasteiger partial charge in [-0.3, -0.25) is 14.5 Å². The first-order valence-corrected chi connectivity index (χ1v) is 6.16. The number of likely N-dealkylation sites (N-methyl/N-ethyl adjacent to an activating group) is 1. The van der Waals surface area contributed by atoms with Crippen LogP contribution in [0.15, 0.2) is 28.7 Å². The Morgan fingerprint density at radius 3 is 2.71 bits per heavy atom. The van der Waals surface area contributed by atoms with Crippen molar-refractivity contribution in [2.24, 2.45) is 0 Å². The van der Waals surface area contributed by atoms with Crippen LogP contribution in [0.5, 0.6) is 0 Å². The summed E-state index contributed by atoms with van der Waals surface area (Å²) in [6.45, 7) is 0.568. The van der Waals surface area contributed by atoms with E-state index in [9.17, 15) is 9.59 Å². The zero-order valence-electron chi connectivity index (χ0n) is 9.44. The Bertz CT molecular complexity index is 462. The van der Waals surface area contributed by atoms with Crippen LogP contribution in [-0.4, -0.2) is 29.8 Å². The van der Waals surface area contributed by atoms with E-state index in [2.05, 4.69) is 21.2 Å². The first-order valence-electron chi connectivity index (χ1n) is 5.37. The number of halogens is 1. The Balaban J connectivity index is 1.98. The van der Waals surface area contributed by atoms with E-state index in [1.165, 1.54) is 11.9 Å². The number of nitrogens with zero attached hydrogens (tertiary/aromatic N) is 1. The quantitative estimate of drug-likeness (QED) is 0.856. The molecule has 0 saturated carbocycles. The molecule has 2 amide bonds. The average Bonchev–Trinajstić information content (AvgIpc) is 2.56. The van der Waals surface area contributed by atoms with Crippen LogP contribution in [0.4, 0.5) is 0 Å². The second kappa shape index (κ2) is 4.98. The van der Waals surface area contributed by atoms with Gasteiger partial charge in [0.1, 0.15) is 0 Å². The topological polar surface area (TPSA) is 49.4 Å². The third-order valence-electron chi connectivity index (χ3n) is 2.88. The summed E-state index contributed by atoms with van der Waals surface area (Å²) in [7, 11) is 1.52. The molecule has 1 aromatic rings. The summed E-state index contributed by atoms with van der Waals surface area (Å²) in [6.07, 6.45) is 0.250. The van der Waals surface area contributed by atoms with Gasteiger partial charge in [-0.15, -0.1) is 0 Å². The Hall–Kier alpha value is -1.20. The molecule has 90 valence electrons. The number of nitrogens with one attached hydrogen (secondary N) is 1. The van der Waals surface area contributed by atoms with Gasteiger partial charge in [-0.2, -0.15) is 0 Å². The zero-order chi connectivity index (χ0) is 12.4. The van der Waals surface area contributed by atoms with E-state index in [4.69, 9.17) is 0 Å². The highest BCUT2D eigenvalue weighted by molar-refractivity contribution is 9.10. The predicted molar refractivity (Wildman–Crippen MR) is 67.2 cm³/mol. The van der Waals surface area contributed by atoms with Crippen molar-refractivity contribution >= 4 is 27.7 Å². The minimum absolute atomic E-state index is 0.125. The lowest BCUT2D eigenvalue weighted by molar-refractivity contribution is -0.137. The van der Waals surface area contributed by atoms with Gasteiger partial charge in [0.25, 0.3) is 0 Å². The molecule has 1 N–H and O–H groups in total. The molecule has 1 unspecified atom stereocenters. The summed E-state index contributed by atoms with van der Waals surface area (Å²) in [6, 6.07) is 7.41. The van der Waals surface area contributed by atoms with Crippen molar-refractivity contribution in [1.82, 2.24) is 10.2 Å². The maximum Gasteiger partial charge on any atom is 0.246 e. The van der Waals surface area contributed by atoms with Crippen LogP contribution in [0.25, 0.3) is 0 Å². The van der Waals surface area contributed by atoms with Gasteiger partial charge in [0.05, 0.1) is 12.5 Å². The van der Waals surface area contributed by atoms with Crippen molar-refractivity contribution in [2.75, 3.05) is 7.05 Å². The van der Waals surface area contributed by atoms with Gasteiger partial charge in [0, 0.05) is 18.1 Å². The van der Waals surface area contributed by atoms with Gasteiger partial charge in [0.2, 0.25) is 11.8 Å². The number of carbonyl (C=O) groups excluding carboxylic acids is 2. The van der Waals surface area contributed by atoms with Crippen LogP contribution in [-0.2, 0) is 16.1 Å². The molecule has 1 heterocycles. The molecule has 0 radical (unpaired) electrons. The van der Waals surface area contributed by atoms with Gasteiger partial charge in [0.15, 0.2) is 0 Å². The summed E-state index contributed by atoms with van der Waals surface area (Å²) in [5.41, 5.74) is 1.07. The summed E-state index contributed by atoms with van der Waals surface area (Å²) in [4.78, 5) is 24.2. The number of imide groups is 1. The van der Waals surface area contributed by atoms with E-state index in [0.29, 0.717) is 6.54 Å². The maximum absolute atomic E-state index is 11.7. The van der Waals surface area contributed by atoms with Crippen LogP contribution in [0.3, 0.4) is 0 Å². The second-order valence-corrected chi connectivity index (χ2v) is 4.87. The third kappa shape index (κ3) is 2.56. The minimum atomic E-state index is -0.389. The molecule has 0 spiro atoms. The minimum Gasteiger partial charge on any atom is -0.301 e. The summed E-state index contributed by atoms with van der Waals surface area (Å²) in [5, 5.41) is 3.11. The lowest BCUT2D eigenvalue weighted by atomic mass is 10.2. The fourth-order valence-corrected chi connectivity index (χ4v) is 2.21. The normalized spacial score (nSPS) is 20.1. The predicted octanol–water partition coefficient (Wildman–Crippen LogP) is 1.30. The van der Waals surface area contributed by atoms with E-state index in [-0.39, 0.29) is 24.3 Å². The fourth-order valence-electron chi connectivity index (χ4n) is 1.79. The molecular weight excluding hydrogens is 284 g/mol. The Morgan fingerprint density at radius 1 is 1.41 bits per heavy atom. The number of amides is 2. The lowest BCUT2D eigenvalue weighted by Gasteiger charge is -2.11. The molecule has 1 saturated heterocycles. The molecule has 0 bridgehead atoms. The first kappa shape index (κ1) is 12.3. The number of hydrogen-bond acceptors (Lipinski definition) is 3. The Kier molecular flexibility index (Phi) is 3.59. The zero-order valence-corrected chi connectivity index (χ0v) is 11.0. The number of hydrogen-bond donors (Lipinski definition) is 1. The van der Waals surface area contributed by atoms with Crippen molar-refractivity contribution in [3.63, 3.8) is 0 Å². The molecule has 1 aliphatic heterocycles. The monoisotopic (exact) mass is 296 g/mol. The highest BCUT2D eigenvalue weighted by Crippen LogP contribution is 2.17. The third-order valence-corrected chi connectivity index (χ3v) is 3.65. The largest absolute Gasteiger partial charge is 0.301 e. The molecule has 0 aromatic heterocycles. The number of likely N-dealkylation sites (tertiary alicyclic amines) is 1. The van der Waals surface area contributed by atoms with E-state index < -0.39 is 0 Å². The average molecular weight is 297 g/mol. The molecule has 5 heteroatoms. The number of benzene rings is 1. The van der Waals surface area contributed by atoms with E-state index in [1.807, 2.05) is 24.3 Å². The molecule has 1 atom stereocenters. The van der Waals surface area contributed by atoms with Gasteiger partial charge in [-0.05, 0) is 11.6 Å². The van der Waals surface area contributed by atoms with Crippen LogP contribution in [0.2, 0.25) is 0 Å². The van der Waals surface area contributed by atoms with Crippen LogP contribution in [0, 0.1) is 0 Å². The molecule has 2 rings (SSSR count). The van der Waals surface area contributed by atoms with Crippen molar-refractivity contribution < 1.29 is 9.59 Å². The fraction of sp³-hybridized carbons (Fsp3) is 0.333. The van der Waals surface area contributed by atoms with Crippen LogP contribution < -0.4 is 5.32 Å². The molecule has 1 aromatic carbocycles. The van der Waals surface area contributed by atoms with Crippen molar-refractivity contribution in [3.05, 3.63) is 34.3 Å². The smallest absolute Gasteiger partial charge is 0.246 e. The SMILES string of the molecule is CN1C(=O)CC(NCc2ccccc2Br)C1=O. The Labute approximate surface area is 108 Å². The lowest BCUT2D eigenvalue weighted by Crippen LogP contribution is -2.36. The first-order chi connectivity index (χ1) is 8.09. The van der Waals surface area contributed by atoms with E-state index in [0.717, 1.165) is 10.0 Å². The van der Waals surface area contributed by atoms with Crippen molar-refractivity contribution in [2.45, 2.75) is 19.0 Å². The summed E-state index contributed by atoms with van der Waals surface area (Å²) < 4.78 is 0.998. The summed E-state index contributed by atoms with van der Waals surface area (Å²) >= 11 is 3.44. The number of carbonyl (C=O) groups is 2. The molecule has 1 fully saturated rings. The molecule has 4 nitrogen and oxygen atoms in total. The highest BCUT2D eigenvalue weighted by atomic mass is 79.9.